The predicted molar refractivity (Wildman–Crippen MR) is 66.5 cm³/mol. The van der Waals surface area contributed by atoms with Crippen molar-refractivity contribution in [3.63, 3.8) is 0 Å². The second-order valence-corrected chi connectivity index (χ2v) is 4.96. The Balaban J connectivity index is 2.17. The molecule has 0 saturated carbocycles. The van der Waals surface area contributed by atoms with Crippen molar-refractivity contribution in [3.05, 3.63) is 45.7 Å². The van der Waals surface area contributed by atoms with Crippen molar-refractivity contribution < 1.29 is 0 Å². The number of aromatic nitrogens is 2. The monoisotopic (exact) mass is 233 g/mol. The second-order valence-electron chi connectivity index (χ2n) is 3.99. The first kappa shape index (κ1) is 11.2. The third kappa shape index (κ3) is 2.46. The van der Waals surface area contributed by atoms with E-state index in [1.165, 1.54) is 10.4 Å². The molecule has 2 heterocycles. The number of pyridine rings is 1. The Morgan fingerprint density at radius 3 is 2.81 bits per heavy atom. The minimum absolute atomic E-state index is 0.0407. The van der Waals surface area contributed by atoms with Crippen molar-refractivity contribution >= 4 is 11.3 Å². The van der Waals surface area contributed by atoms with Gasteiger partial charge in [-0.25, -0.2) is 0 Å². The van der Waals surface area contributed by atoms with Crippen molar-refractivity contribution in [1.29, 1.82) is 0 Å². The number of hydrogen-bond acceptors (Lipinski definition) is 4. The Labute approximate surface area is 99.4 Å². The van der Waals surface area contributed by atoms with Crippen LogP contribution in [0.1, 0.15) is 27.7 Å². The summed E-state index contributed by atoms with van der Waals surface area (Å²) in [7, 11) is 0. The fourth-order valence-corrected chi connectivity index (χ4v) is 2.43. The summed E-state index contributed by atoms with van der Waals surface area (Å²) in [4.78, 5) is 9.67. The first-order valence-electron chi connectivity index (χ1n) is 5.23. The van der Waals surface area contributed by atoms with E-state index < -0.39 is 0 Å². The van der Waals surface area contributed by atoms with Gasteiger partial charge in [0, 0.05) is 23.7 Å². The predicted octanol–water partition coefficient (Wildman–Crippen LogP) is 2.40. The first-order valence-corrected chi connectivity index (χ1v) is 6.11. The van der Waals surface area contributed by atoms with Crippen LogP contribution in [0.5, 0.6) is 0 Å². The highest BCUT2D eigenvalue weighted by Crippen LogP contribution is 2.19. The number of thiazole rings is 1. The topological polar surface area (TPSA) is 51.8 Å². The highest BCUT2D eigenvalue weighted by molar-refractivity contribution is 7.09. The lowest BCUT2D eigenvalue weighted by Crippen LogP contribution is -2.16. The molecule has 0 aliphatic rings. The molecular weight excluding hydrogens is 218 g/mol. The summed E-state index contributed by atoms with van der Waals surface area (Å²) >= 11 is 1.64. The van der Waals surface area contributed by atoms with Gasteiger partial charge in [-0.15, -0.1) is 11.3 Å². The van der Waals surface area contributed by atoms with Gasteiger partial charge >= 0.3 is 0 Å². The van der Waals surface area contributed by atoms with E-state index in [1.54, 1.807) is 11.3 Å². The molecule has 84 valence electrons. The lowest BCUT2D eigenvalue weighted by Gasteiger charge is -2.12. The third-order valence-corrected chi connectivity index (χ3v) is 3.31. The van der Waals surface area contributed by atoms with Crippen LogP contribution in [0.15, 0.2) is 24.0 Å². The van der Waals surface area contributed by atoms with Gasteiger partial charge in [-0.05, 0) is 25.0 Å². The van der Waals surface area contributed by atoms with Crippen molar-refractivity contribution in [2.24, 2.45) is 5.73 Å². The Hall–Kier alpha value is -1.26. The average Bonchev–Trinajstić information content (AvgIpc) is 2.70. The number of hydrogen-bond donors (Lipinski definition) is 1. The lowest BCUT2D eigenvalue weighted by atomic mass is 10.0. The number of rotatable bonds is 3. The summed E-state index contributed by atoms with van der Waals surface area (Å²) in [6.45, 7) is 4.10. The largest absolute Gasteiger partial charge is 0.322 e. The lowest BCUT2D eigenvalue weighted by molar-refractivity contribution is 0.695. The van der Waals surface area contributed by atoms with Crippen LogP contribution in [0.2, 0.25) is 0 Å². The van der Waals surface area contributed by atoms with Gasteiger partial charge in [0.15, 0.2) is 0 Å². The van der Waals surface area contributed by atoms with E-state index in [2.05, 4.69) is 23.0 Å². The third-order valence-electron chi connectivity index (χ3n) is 2.51. The molecule has 0 radical (unpaired) electrons. The maximum Gasteiger partial charge on any atom is 0.0794 e. The zero-order valence-electron chi connectivity index (χ0n) is 9.47. The zero-order chi connectivity index (χ0) is 11.5. The molecule has 0 amide bonds. The van der Waals surface area contributed by atoms with E-state index >= 15 is 0 Å². The van der Waals surface area contributed by atoms with Crippen LogP contribution < -0.4 is 5.73 Å². The Kier molecular flexibility index (Phi) is 3.31. The summed E-state index contributed by atoms with van der Waals surface area (Å²) < 4.78 is 0. The van der Waals surface area contributed by atoms with Crippen molar-refractivity contribution in [3.8, 4) is 0 Å². The van der Waals surface area contributed by atoms with Crippen LogP contribution >= 0.6 is 11.3 Å². The molecule has 2 N–H and O–H groups in total. The van der Waals surface area contributed by atoms with E-state index in [9.17, 15) is 0 Å². The Morgan fingerprint density at radius 2 is 2.19 bits per heavy atom. The molecule has 0 bridgehead atoms. The number of aryl methyl sites for hydroxylation is 2. The molecule has 3 nitrogen and oxygen atoms in total. The zero-order valence-corrected chi connectivity index (χ0v) is 10.3. The average molecular weight is 233 g/mol. The maximum absolute atomic E-state index is 6.15. The van der Waals surface area contributed by atoms with Gasteiger partial charge in [-0.3, -0.25) is 9.97 Å². The van der Waals surface area contributed by atoms with Gasteiger partial charge < -0.3 is 5.73 Å². The molecule has 0 aliphatic carbocycles. The van der Waals surface area contributed by atoms with Crippen LogP contribution in [-0.4, -0.2) is 9.97 Å². The molecule has 1 unspecified atom stereocenters. The molecule has 16 heavy (non-hydrogen) atoms. The van der Waals surface area contributed by atoms with Crippen LogP contribution in [0.25, 0.3) is 0 Å². The minimum Gasteiger partial charge on any atom is -0.322 e. The molecule has 0 aromatic carbocycles. The van der Waals surface area contributed by atoms with Gasteiger partial charge in [-0.1, -0.05) is 6.07 Å². The summed E-state index contributed by atoms with van der Waals surface area (Å²) in [6.07, 6.45) is 4.55. The molecule has 0 saturated heterocycles. The number of nitrogens with zero attached hydrogens (tertiary/aromatic N) is 2. The molecule has 2 aromatic heterocycles. The van der Waals surface area contributed by atoms with Crippen LogP contribution in [-0.2, 0) is 6.42 Å². The Bertz CT molecular complexity index is 465. The van der Waals surface area contributed by atoms with Gasteiger partial charge in [0.1, 0.15) is 0 Å². The Morgan fingerprint density at radius 1 is 1.38 bits per heavy atom. The van der Waals surface area contributed by atoms with Crippen molar-refractivity contribution in [2.75, 3.05) is 0 Å². The van der Waals surface area contributed by atoms with Gasteiger partial charge in [0.25, 0.3) is 0 Å². The molecule has 0 fully saturated rings. The normalized spacial score (nSPS) is 12.7. The smallest absolute Gasteiger partial charge is 0.0794 e. The van der Waals surface area contributed by atoms with Crippen LogP contribution in [0.4, 0.5) is 0 Å². The molecule has 2 aromatic rings. The van der Waals surface area contributed by atoms with Crippen LogP contribution in [0.3, 0.4) is 0 Å². The molecular formula is C12H15N3S. The quantitative estimate of drug-likeness (QED) is 0.885. The van der Waals surface area contributed by atoms with E-state index in [1.807, 2.05) is 24.8 Å². The summed E-state index contributed by atoms with van der Waals surface area (Å²) in [5.74, 6) is 0. The second kappa shape index (κ2) is 4.72. The molecule has 0 aliphatic heterocycles. The van der Waals surface area contributed by atoms with Gasteiger partial charge in [0.05, 0.1) is 17.2 Å². The van der Waals surface area contributed by atoms with E-state index in [0.717, 1.165) is 17.7 Å². The molecule has 4 heteroatoms. The molecule has 0 spiro atoms. The summed E-state index contributed by atoms with van der Waals surface area (Å²) in [6, 6.07) is 2.08. The highest BCUT2D eigenvalue weighted by atomic mass is 32.1. The van der Waals surface area contributed by atoms with E-state index in [4.69, 9.17) is 5.73 Å². The SMILES string of the molecule is Cc1cnc(C(N)Cc2cncs2)c(C)c1. The highest BCUT2D eigenvalue weighted by Gasteiger charge is 2.12. The summed E-state index contributed by atoms with van der Waals surface area (Å²) in [5, 5.41) is 0. The van der Waals surface area contributed by atoms with Gasteiger partial charge in [-0.2, -0.15) is 0 Å². The van der Waals surface area contributed by atoms with Crippen molar-refractivity contribution in [1.82, 2.24) is 9.97 Å². The van der Waals surface area contributed by atoms with Crippen LogP contribution in [0, 0.1) is 13.8 Å². The molecule has 1 atom stereocenters. The van der Waals surface area contributed by atoms with E-state index in [0.29, 0.717) is 0 Å². The maximum atomic E-state index is 6.15. The fourth-order valence-electron chi connectivity index (χ4n) is 1.77. The van der Waals surface area contributed by atoms with Crippen molar-refractivity contribution in [2.45, 2.75) is 26.3 Å². The fraction of sp³-hybridized carbons (Fsp3) is 0.333. The minimum atomic E-state index is -0.0407. The first-order chi connectivity index (χ1) is 7.66. The number of nitrogens with two attached hydrogens (primary N) is 1. The molecule has 2 rings (SSSR count). The summed E-state index contributed by atoms with van der Waals surface area (Å²) in [5.41, 5.74) is 11.3. The standard InChI is InChI=1S/C12H15N3S/c1-8-3-9(2)12(15-5-8)11(13)4-10-6-14-7-16-10/h3,5-7,11H,4,13H2,1-2H3. The van der Waals surface area contributed by atoms with E-state index in [-0.39, 0.29) is 6.04 Å². The van der Waals surface area contributed by atoms with Gasteiger partial charge in [0.2, 0.25) is 0 Å².